The highest BCUT2D eigenvalue weighted by Gasteiger charge is 2.18. The Kier molecular flexibility index (Phi) is 6.58. The lowest BCUT2D eigenvalue weighted by Gasteiger charge is -2.12. The van der Waals surface area contributed by atoms with Crippen LogP contribution in [0.1, 0.15) is 10.4 Å². The van der Waals surface area contributed by atoms with Gasteiger partial charge < -0.3 is 10.1 Å². The van der Waals surface area contributed by atoms with Gasteiger partial charge in [0.1, 0.15) is 0 Å². The third-order valence-electron chi connectivity index (χ3n) is 4.47. The van der Waals surface area contributed by atoms with Gasteiger partial charge in [0.05, 0.1) is 23.4 Å². The number of anilines is 1. The lowest BCUT2D eigenvalue weighted by atomic mass is 10.2. The van der Waals surface area contributed by atoms with E-state index in [0.717, 1.165) is 5.56 Å². The summed E-state index contributed by atoms with van der Waals surface area (Å²) in [5, 5.41) is 12.5. The molecule has 0 saturated carbocycles. The Balaban J connectivity index is 1.50. The van der Waals surface area contributed by atoms with E-state index in [1.807, 2.05) is 47.4 Å². The van der Waals surface area contributed by atoms with Crippen molar-refractivity contribution in [2.24, 2.45) is 0 Å². The number of methoxy groups -OCH3 is 1. The maximum absolute atomic E-state index is 12.5. The second kappa shape index (κ2) is 9.71. The number of esters is 1. The minimum absolute atomic E-state index is 0.112. The number of thioether (sulfide) groups is 1. The number of carbonyl (C=O) groups excluding carboxylic acids is 2. The molecule has 4 aromatic rings. The molecule has 0 aliphatic heterocycles. The molecule has 0 aliphatic carbocycles. The van der Waals surface area contributed by atoms with E-state index in [1.165, 1.54) is 18.9 Å². The van der Waals surface area contributed by atoms with Crippen molar-refractivity contribution in [3.63, 3.8) is 0 Å². The molecule has 10 heteroatoms. The van der Waals surface area contributed by atoms with Crippen LogP contribution in [0.25, 0.3) is 11.4 Å². The summed E-state index contributed by atoms with van der Waals surface area (Å²) < 4.78 is 8.29. The molecule has 0 saturated heterocycles. The highest BCUT2D eigenvalue weighted by atomic mass is 35.5. The molecule has 0 unspecified atom stereocenters. The number of hydrogen-bond acceptors (Lipinski definition) is 6. The van der Waals surface area contributed by atoms with E-state index in [1.54, 1.807) is 35.0 Å². The molecule has 162 valence electrons. The molecular formula is C22H18ClN5O3S. The molecule has 0 spiro atoms. The van der Waals surface area contributed by atoms with Crippen molar-refractivity contribution in [2.75, 3.05) is 18.2 Å². The number of aromatic nitrogens is 4. The Morgan fingerprint density at radius 2 is 1.75 bits per heavy atom. The molecule has 2 aromatic carbocycles. The number of rotatable bonds is 7. The molecule has 2 heterocycles. The fourth-order valence-electron chi connectivity index (χ4n) is 2.97. The molecule has 0 atom stereocenters. The highest BCUT2D eigenvalue weighted by Crippen LogP contribution is 2.29. The zero-order valence-electron chi connectivity index (χ0n) is 16.9. The molecular weight excluding hydrogens is 450 g/mol. The van der Waals surface area contributed by atoms with Crippen LogP contribution >= 0.6 is 23.4 Å². The predicted molar refractivity (Wildman–Crippen MR) is 123 cm³/mol. The first-order valence-corrected chi connectivity index (χ1v) is 10.9. The van der Waals surface area contributed by atoms with Crippen LogP contribution in [0, 0.1) is 0 Å². The highest BCUT2D eigenvalue weighted by molar-refractivity contribution is 7.99. The van der Waals surface area contributed by atoms with E-state index < -0.39 is 5.97 Å². The van der Waals surface area contributed by atoms with Gasteiger partial charge in [0.15, 0.2) is 5.82 Å². The van der Waals surface area contributed by atoms with Gasteiger partial charge in [-0.2, -0.15) is 0 Å². The molecule has 32 heavy (non-hydrogen) atoms. The molecule has 1 N–H and O–H groups in total. The van der Waals surface area contributed by atoms with Gasteiger partial charge in [-0.3, -0.25) is 9.47 Å². The van der Waals surface area contributed by atoms with Crippen molar-refractivity contribution < 1.29 is 14.3 Å². The maximum Gasteiger partial charge on any atom is 0.337 e. The van der Waals surface area contributed by atoms with Crippen LogP contribution in [-0.2, 0) is 9.53 Å². The first-order valence-electron chi connectivity index (χ1n) is 9.52. The summed E-state index contributed by atoms with van der Waals surface area (Å²) in [7, 11) is 1.32. The second-order valence-corrected chi connectivity index (χ2v) is 7.92. The number of amides is 1. The number of halogens is 1. The molecule has 0 fully saturated rings. The van der Waals surface area contributed by atoms with Gasteiger partial charge in [-0.1, -0.05) is 35.5 Å². The van der Waals surface area contributed by atoms with Gasteiger partial charge in [-0.15, -0.1) is 10.2 Å². The van der Waals surface area contributed by atoms with Gasteiger partial charge in [-0.25, -0.2) is 9.47 Å². The van der Waals surface area contributed by atoms with Crippen LogP contribution in [-0.4, -0.2) is 44.3 Å². The Morgan fingerprint density at radius 3 is 2.44 bits per heavy atom. The average molecular weight is 468 g/mol. The van der Waals surface area contributed by atoms with E-state index in [2.05, 4.69) is 20.3 Å². The molecule has 8 nitrogen and oxygen atoms in total. The Hall–Kier alpha value is -3.56. The van der Waals surface area contributed by atoms with Crippen molar-refractivity contribution in [1.29, 1.82) is 0 Å². The van der Waals surface area contributed by atoms with Gasteiger partial charge in [-0.05, 0) is 48.5 Å². The van der Waals surface area contributed by atoms with E-state index in [-0.39, 0.29) is 11.7 Å². The van der Waals surface area contributed by atoms with Crippen LogP contribution in [0.5, 0.6) is 0 Å². The first kappa shape index (κ1) is 21.7. The predicted octanol–water partition coefficient (Wildman–Crippen LogP) is 4.23. The standard InChI is InChI=1S/C22H18ClN5O3S/c1-31-21(30)15-8-10-16(11-9-15)24-19(29)14-32-22-26-25-20(17-6-2-3-7-18(17)23)28(22)27-12-4-5-13-27/h2-13H,14H2,1H3,(H,24,29). The van der Waals surface area contributed by atoms with Gasteiger partial charge in [0, 0.05) is 23.6 Å². The van der Waals surface area contributed by atoms with Crippen molar-refractivity contribution in [3.8, 4) is 11.4 Å². The SMILES string of the molecule is COC(=O)c1ccc(NC(=O)CSc2nnc(-c3ccccc3Cl)n2-n2cccc2)cc1. The largest absolute Gasteiger partial charge is 0.465 e. The fourth-order valence-corrected chi connectivity index (χ4v) is 3.92. The molecule has 0 radical (unpaired) electrons. The topological polar surface area (TPSA) is 91.0 Å². The number of benzene rings is 2. The minimum atomic E-state index is -0.433. The second-order valence-electron chi connectivity index (χ2n) is 6.57. The lowest BCUT2D eigenvalue weighted by Crippen LogP contribution is -2.16. The quantitative estimate of drug-likeness (QED) is 0.323. The van der Waals surface area contributed by atoms with Crippen molar-refractivity contribution in [2.45, 2.75) is 5.16 Å². The number of nitrogens with one attached hydrogen (secondary N) is 1. The summed E-state index contributed by atoms with van der Waals surface area (Å²) in [6, 6.07) is 17.6. The van der Waals surface area contributed by atoms with Crippen LogP contribution in [0.15, 0.2) is 78.2 Å². The zero-order valence-corrected chi connectivity index (χ0v) is 18.5. The average Bonchev–Trinajstić information content (AvgIpc) is 3.47. The third kappa shape index (κ3) is 4.68. The van der Waals surface area contributed by atoms with E-state index >= 15 is 0 Å². The zero-order chi connectivity index (χ0) is 22.5. The third-order valence-corrected chi connectivity index (χ3v) is 5.72. The number of ether oxygens (including phenoxy) is 1. The number of carbonyl (C=O) groups is 2. The van der Waals surface area contributed by atoms with Crippen LogP contribution in [0.3, 0.4) is 0 Å². The lowest BCUT2D eigenvalue weighted by molar-refractivity contribution is -0.113. The summed E-state index contributed by atoms with van der Waals surface area (Å²) in [5.74, 6) is 0.0214. The molecule has 1 amide bonds. The van der Waals surface area contributed by atoms with Crippen LogP contribution < -0.4 is 5.32 Å². The summed E-state index contributed by atoms with van der Waals surface area (Å²) >= 11 is 7.61. The smallest absolute Gasteiger partial charge is 0.337 e. The van der Waals surface area contributed by atoms with Crippen LogP contribution in [0.2, 0.25) is 5.02 Å². The Morgan fingerprint density at radius 1 is 1.03 bits per heavy atom. The van der Waals surface area contributed by atoms with Crippen molar-refractivity contribution in [3.05, 3.63) is 83.6 Å². The minimum Gasteiger partial charge on any atom is -0.465 e. The fraction of sp³-hybridized carbons (Fsp3) is 0.0909. The van der Waals surface area contributed by atoms with E-state index in [4.69, 9.17) is 11.6 Å². The molecule has 0 bridgehead atoms. The summed E-state index contributed by atoms with van der Waals surface area (Å²) in [4.78, 5) is 24.0. The van der Waals surface area contributed by atoms with Crippen LogP contribution in [0.4, 0.5) is 5.69 Å². The summed E-state index contributed by atoms with van der Waals surface area (Å²) in [6.07, 6.45) is 3.72. The molecule has 4 rings (SSSR count). The van der Waals surface area contributed by atoms with Crippen molar-refractivity contribution in [1.82, 2.24) is 19.5 Å². The van der Waals surface area contributed by atoms with Crippen molar-refractivity contribution >= 4 is 40.9 Å². The number of hydrogen-bond donors (Lipinski definition) is 1. The van der Waals surface area contributed by atoms with Gasteiger partial charge >= 0.3 is 5.97 Å². The Bertz CT molecular complexity index is 1240. The normalized spacial score (nSPS) is 10.7. The first-order chi connectivity index (χ1) is 15.6. The van der Waals surface area contributed by atoms with Gasteiger partial charge in [0.25, 0.3) is 0 Å². The number of nitrogens with zero attached hydrogens (tertiary/aromatic N) is 4. The van der Waals surface area contributed by atoms with Gasteiger partial charge in [0.2, 0.25) is 11.1 Å². The monoisotopic (exact) mass is 467 g/mol. The summed E-state index contributed by atoms with van der Waals surface area (Å²) in [5.41, 5.74) is 1.72. The molecule has 2 aromatic heterocycles. The maximum atomic E-state index is 12.5. The molecule has 0 aliphatic rings. The van der Waals surface area contributed by atoms with E-state index in [0.29, 0.717) is 27.3 Å². The van der Waals surface area contributed by atoms with E-state index in [9.17, 15) is 9.59 Å². The Labute approximate surface area is 193 Å². The summed E-state index contributed by atoms with van der Waals surface area (Å²) in [6.45, 7) is 0.